The maximum Gasteiger partial charge on any atom is 0.0539 e. The molecule has 0 fully saturated rings. The zero-order valence-corrected chi connectivity index (χ0v) is 10.9. The van der Waals surface area contributed by atoms with Crippen molar-refractivity contribution in [2.45, 2.75) is 20.0 Å². The normalized spacial score (nSPS) is 10.8. The van der Waals surface area contributed by atoms with Crippen molar-refractivity contribution >= 4 is 16.5 Å². The molecule has 0 spiro atoms. The quantitative estimate of drug-likeness (QED) is 0.776. The average Bonchev–Trinajstić information content (AvgIpc) is 2.93. The number of aryl methyl sites for hydroxylation is 1. The maximum atomic E-state index is 4.27. The zero-order valence-electron chi connectivity index (χ0n) is 10.9. The van der Waals surface area contributed by atoms with E-state index in [9.17, 15) is 0 Å². The maximum absolute atomic E-state index is 4.27. The summed E-state index contributed by atoms with van der Waals surface area (Å²) in [5.41, 5.74) is 2.29. The van der Waals surface area contributed by atoms with Gasteiger partial charge in [-0.15, -0.1) is 0 Å². The Morgan fingerprint density at radius 3 is 3.00 bits per heavy atom. The van der Waals surface area contributed by atoms with Crippen LogP contribution in [-0.4, -0.2) is 14.8 Å². The van der Waals surface area contributed by atoms with Crippen molar-refractivity contribution < 1.29 is 0 Å². The van der Waals surface area contributed by atoms with Gasteiger partial charge in [-0.05, 0) is 24.4 Å². The number of pyridine rings is 1. The van der Waals surface area contributed by atoms with Gasteiger partial charge in [0.2, 0.25) is 0 Å². The lowest BCUT2D eigenvalue weighted by atomic mass is 10.1. The van der Waals surface area contributed by atoms with E-state index in [1.54, 1.807) is 0 Å². The van der Waals surface area contributed by atoms with Gasteiger partial charge in [0.05, 0.1) is 6.20 Å². The Bertz CT molecular complexity index is 682. The SMILES string of the molecule is CCn1cc(CNc2cccc3ccncc23)cn1. The summed E-state index contributed by atoms with van der Waals surface area (Å²) in [5, 5.41) is 10.1. The molecule has 1 aromatic carbocycles. The van der Waals surface area contributed by atoms with Crippen LogP contribution in [0.2, 0.25) is 0 Å². The molecule has 4 nitrogen and oxygen atoms in total. The van der Waals surface area contributed by atoms with Gasteiger partial charge in [-0.2, -0.15) is 5.10 Å². The van der Waals surface area contributed by atoms with Gasteiger partial charge in [-0.25, -0.2) is 0 Å². The lowest BCUT2D eigenvalue weighted by Crippen LogP contribution is -1.99. The third kappa shape index (κ3) is 2.42. The highest BCUT2D eigenvalue weighted by atomic mass is 15.3. The Hall–Kier alpha value is -2.36. The molecule has 0 unspecified atom stereocenters. The van der Waals surface area contributed by atoms with Crippen LogP contribution in [0.4, 0.5) is 5.69 Å². The smallest absolute Gasteiger partial charge is 0.0539 e. The van der Waals surface area contributed by atoms with Crippen LogP contribution in [0.5, 0.6) is 0 Å². The topological polar surface area (TPSA) is 42.7 Å². The molecule has 0 saturated heterocycles. The Kier molecular flexibility index (Phi) is 3.14. The van der Waals surface area contributed by atoms with Gasteiger partial charge in [0.15, 0.2) is 0 Å². The largest absolute Gasteiger partial charge is 0.380 e. The van der Waals surface area contributed by atoms with E-state index in [1.165, 1.54) is 10.9 Å². The first-order valence-corrected chi connectivity index (χ1v) is 6.45. The van der Waals surface area contributed by atoms with E-state index in [0.717, 1.165) is 24.2 Å². The standard InChI is InChI=1S/C15H16N4/c1-2-19-11-12(9-18-19)8-17-15-5-3-4-13-6-7-16-10-14(13)15/h3-7,9-11,17H,2,8H2,1H3. The monoisotopic (exact) mass is 252 g/mol. The molecule has 0 bridgehead atoms. The first-order valence-electron chi connectivity index (χ1n) is 6.45. The van der Waals surface area contributed by atoms with Crippen LogP contribution in [0.1, 0.15) is 12.5 Å². The van der Waals surface area contributed by atoms with Crippen LogP contribution >= 0.6 is 0 Å². The molecule has 0 aliphatic carbocycles. The summed E-state index contributed by atoms with van der Waals surface area (Å²) in [7, 11) is 0. The lowest BCUT2D eigenvalue weighted by molar-refractivity contribution is 0.659. The molecule has 19 heavy (non-hydrogen) atoms. The molecule has 2 heterocycles. The highest BCUT2D eigenvalue weighted by molar-refractivity contribution is 5.92. The van der Waals surface area contributed by atoms with Crippen molar-refractivity contribution in [2.75, 3.05) is 5.32 Å². The number of benzene rings is 1. The molecule has 0 aliphatic heterocycles. The fraction of sp³-hybridized carbons (Fsp3) is 0.200. The number of nitrogens with one attached hydrogen (secondary N) is 1. The van der Waals surface area contributed by atoms with E-state index in [1.807, 2.05) is 29.3 Å². The predicted molar refractivity (Wildman–Crippen MR) is 77.0 cm³/mol. The molecule has 96 valence electrons. The highest BCUT2D eigenvalue weighted by Gasteiger charge is 2.01. The van der Waals surface area contributed by atoms with Gasteiger partial charge in [0.1, 0.15) is 0 Å². The van der Waals surface area contributed by atoms with Gasteiger partial charge in [-0.3, -0.25) is 9.67 Å². The number of fused-ring (bicyclic) bond motifs is 1. The Labute approximate surface area is 112 Å². The van der Waals surface area contributed by atoms with Crippen molar-refractivity contribution in [1.29, 1.82) is 0 Å². The fourth-order valence-corrected chi connectivity index (χ4v) is 2.14. The van der Waals surface area contributed by atoms with Crippen molar-refractivity contribution in [3.8, 4) is 0 Å². The summed E-state index contributed by atoms with van der Waals surface area (Å²) in [6.07, 6.45) is 7.68. The van der Waals surface area contributed by atoms with E-state index < -0.39 is 0 Å². The molecular formula is C15H16N4. The molecule has 0 radical (unpaired) electrons. The molecule has 1 N–H and O–H groups in total. The van der Waals surface area contributed by atoms with Crippen LogP contribution in [-0.2, 0) is 13.1 Å². The molecular weight excluding hydrogens is 236 g/mol. The first kappa shape index (κ1) is 11.7. The van der Waals surface area contributed by atoms with Crippen LogP contribution in [0.25, 0.3) is 10.8 Å². The second kappa shape index (κ2) is 5.10. The summed E-state index contributed by atoms with van der Waals surface area (Å²) in [6, 6.07) is 8.25. The summed E-state index contributed by atoms with van der Waals surface area (Å²) in [5.74, 6) is 0. The summed E-state index contributed by atoms with van der Waals surface area (Å²) < 4.78 is 1.93. The van der Waals surface area contributed by atoms with Crippen LogP contribution in [0, 0.1) is 0 Å². The van der Waals surface area contributed by atoms with Gasteiger partial charge in [0, 0.05) is 48.3 Å². The second-order valence-corrected chi connectivity index (χ2v) is 4.46. The molecule has 0 amide bonds. The summed E-state index contributed by atoms with van der Waals surface area (Å²) >= 11 is 0. The van der Waals surface area contributed by atoms with E-state index >= 15 is 0 Å². The minimum Gasteiger partial charge on any atom is -0.380 e. The molecule has 0 atom stereocenters. The molecule has 0 aliphatic rings. The fourth-order valence-electron chi connectivity index (χ4n) is 2.14. The minimum atomic E-state index is 0.772. The molecule has 3 aromatic rings. The van der Waals surface area contributed by atoms with Gasteiger partial charge < -0.3 is 5.32 Å². The number of rotatable bonds is 4. The Morgan fingerprint density at radius 1 is 1.21 bits per heavy atom. The van der Waals surface area contributed by atoms with Gasteiger partial charge in [0.25, 0.3) is 0 Å². The second-order valence-electron chi connectivity index (χ2n) is 4.46. The highest BCUT2D eigenvalue weighted by Crippen LogP contribution is 2.22. The number of hydrogen-bond acceptors (Lipinski definition) is 3. The van der Waals surface area contributed by atoms with E-state index in [-0.39, 0.29) is 0 Å². The number of hydrogen-bond donors (Lipinski definition) is 1. The molecule has 2 aromatic heterocycles. The summed E-state index contributed by atoms with van der Waals surface area (Å²) in [4.78, 5) is 4.19. The van der Waals surface area contributed by atoms with E-state index in [4.69, 9.17) is 0 Å². The van der Waals surface area contributed by atoms with Crippen molar-refractivity contribution in [2.24, 2.45) is 0 Å². The van der Waals surface area contributed by atoms with Crippen LogP contribution in [0.3, 0.4) is 0 Å². The number of anilines is 1. The molecule has 0 saturated carbocycles. The zero-order chi connectivity index (χ0) is 13.1. The molecule has 3 rings (SSSR count). The Balaban J connectivity index is 1.81. The van der Waals surface area contributed by atoms with Crippen LogP contribution < -0.4 is 5.32 Å². The number of aromatic nitrogens is 3. The third-order valence-corrected chi connectivity index (χ3v) is 3.18. The lowest BCUT2D eigenvalue weighted by Gasteiger charge is -2.08. The first-order chi connectivity index (χ1) is 9.36. The predicted octanol–water partition coefficient (Wildman–Crippen LogP) is 3.06. The molecule has 4 heteroatoms. The average molecular weight is 252 g/mol. The van der Waals surface area contributed by atoms with E-state index in [2.05, 4.69) is 46.7 Å². The number of nitrogens with zero attached hydrogens (tertiary/aromatic N) is 3. The minimum absolute atomic E-state index is 0.772. The Morgan fingerprint density at radius 2 is 2.16 bits per heavy atom. The van der Waals surface area contributed by atoms with E-state index in [0.29, 0.717) is 0 Å². The summed E-state index contributed by atoms with van der Waals surface area (Å²) in [6.45, 7) is 3.76. The van der Waals surface area contributed by atoms with Crippen molar-refractivity contribution in [3.05, 3.63) is 54.6 Å². The van der Waals surface area contributed by atoms with Crippen LogP contribution in [0.15, 0.2) is 49.1 Å². The van der Waals surface area contributed by atoms with Gasteiger partial charge in [-0.1, -0.05) is 12.1 Å². The third-order valence-electron chi connectivity index (χ3n) is 3.18. The van der Waals surface area contributed by atoms with Gasteiger partial charge >= 0.3 is 0 Å². The van der Waals surface area contributed by atoms with Crippen molar-refractivity contribution in [1.82, 2.24) is 14.8 Å². The van der Waals surface area contributed by atoms with Crippen molar-refractivity contribution in [3.63, 3.8) is 0 Å².